The van der Waals surface area contributed by atoms with Gasteiger partial charge in [-0.15, -0.1) is 0 Å². The summed E-state index contributed by atoms with van der Waals surface area (Å²) >= 11 is 0. The highest BCUT2D eigenvalue weighted by molar-refractivity contribution is 6.20. The average Bonchev–Trinajstić information content (AvgIpc) is 2.71. The predicted molar refractivity (Wildman–Crippen MR) is 108 cm³/mol. The third-order valence-electron chi connectivity index (χ3n) is 5.17. The van der Waals surface area contributed by atoms with E-state index in [1.165, 1.54) is 0 Å². The molecule has 0 aliphatic carbocycles. The Morgan fingerprint density at radius 2 is 1.57 bits per heavy atom. The third-order valence-corrected chi connectivity index (χ3v) is 5.17. The molecule has 0 radical (unpaired) electrons. The van der Waals surface area contributed by atoms with E-state index in [2.05, 4.69) is 0 Å². The monoisotopic (exact) mass is 382 g/mol. The van der Waals surface area contributed by atoms with E-state index >= 15 is 0 Å². The Kier molecular flexibility index (Phi) is 7.82. The van der Waals surface area contributed by atoms with Gasteiger partial charge in [0.25, 0.3) is 5.97 Å². The van der Waals surface area contributed by atoms with E-state index in [9.17, 15) is 9.59 Å². The van der Waals surface area contributed by atoms with E-state index in [0.29, 0.717) is 6.42 Å². The van der Waals surface area contributed by atoms with Gasteiger partial charge < -0.3 is 14.4 Å². The molecule has 0 amide bonds. The van der Waals surface area contributed by atoms with Crippen molar-refractivity contribution in [3.8, 4) is 0 Å². The van der Waals surface area contributed by atoms with Gasteiger partial charge in [0, 0.05) is 0 Å². The molecule has 0 bridgehead atoms. The third kappa shape index (κ3) is 5.96. The Morgan fingerprint density at radius 3 is 2.14 bits per heavy atom. The second-order valence-electron chi connectivity index (χ2n) is 7.56. The van der Waals surface area contributed by atoms with Crippen LogP contribution >= 0.6 is 0 Å². The lowest BCUT2D eigenvalue weighted by atomic mass is 9.72. The standard InChI is InChI=1S/C22H27BO5/c1-16(20(24)27-15-17-10-6-4-7-11-17)22(2,3)14-19(21(25)28-23-26)18-12-8-5-9-13-18/h4-13,16,19,23,26H,14-15H2,1-3H3. The van der Waals surface area contributed by atoms with Crippen molar-refractivity contribution in [2.24, 2.45) is 11.3 Å². The molecule has 0 aliphatic heterocycles. The largest absolute Gasteiger partial charge is 0.512 e. The Hall–Kier alpha value is -2.60. The Labute approximate surface area is 167 Å². The number of benzene rings is 2. The maximum Gasteiger partial charge on any atom is 0.506 e. The van der Waals surface area contributed by atoms with Gasteiger partial charge in [-0.1, -0.05) is 81.4 Å². The molecular formula is C22H27BO5. The number of ether oxygens (including phenoxy) is 1. The van der Waals surface area contributed by atoms with Gasteiger partial charge in [0.2, 0.25) is 0 Å². The van der Waals surface area contributed by atoms with Gasteiger partial charge in [-0.2, -0.15) is 0 Å². The first kappa shape index (κ1) is 21.7. The first-order valence-corrected chi connectivity index (χ1v) is 9.38. The van der Waals surface area contributed by atoms with E-state index < -0.39 is 30.9 Å². The number of hydrogen-bond donors (Lipinski definition) is 1. The molecule has 0 fully saturated rings. The van der Waals surface area contributed by atoms with Gasteiger partial charge in [0.05, 0.1) is 11.8 Å². The molecule has 2 aromatic rings. The molecule has 2 unspecified atom stereocenters. The fourth-order valence-corrected chi connectivity index (χ4v) is 3.06. The van der Waals surface area contributed by atoms with Crippen LogP contribution in [0.5, 0.6) is 0 Å². The van der Waals surface area contributed by atoms with Crippen LogP contribution in [0.1, 0.15) is 44.2 Å². The zero-order valence-electron chi connectivity index (χ0n) is 16.6. The van der Waals surface area contributed by atoms with Gasteiger partial charge in [0.1, 0.15) is 6.61 Å². The molecule has 2 atom stereocenters. The molecule has 0 saturated carbocycles. The smallest absolute Gasteiger partial charge is 0.506 e. The summed E-state index contributed by atoms with van der Waals surface area (Å²) in [6, 6.07) is 18.8. The van der Waals surface area contributed by atoms with Gasteiger partial charge in [-0.25, -0.2) is 0 Å². The van der Waals surface area contributed by atoms with E-state index in [0.717, 1.165) is 11.1 Å². The Morgan fingerprint density at radius 1 is 1.00 bits per heavy atom. The lowest BCUT2D eigenvalue weighted by Crippen LogP contribution is -2.34. The van der Waals surface area contributed by atoms with E-state index in [1.54, 1.807) is 0 Å². The molecule has 0 heterocycles. The minimum Gasteiger partial charge on any atom is -0.512 e. The number of hydrogen-bond acceptors (Lipinski definition) is 5. The van der Waals surface area contributed by atoms with Gasteiger partial charge in [-0.3, -0.25) is 9.59 Å². The first-order chi connectivity index (χ1) is 13.3. The topological polar surface area (TPSA) is 72.8 Å². The van der Waals surface area contributed by atoms with Crippen LogP contribution in [-0.2, 0) is 25.6 Å². The minimum absolute atomic E-state index is 0.217. The number of carbonyl (C=O) groups is 2. The highest BCUT2D eigenvalue weighted by atomic mass is 16.6. The van der Waals surface area contributed by atoms with Crippen molar-refractivity contribution in [2.75, 3.05) is 0 Å². The maximum atomic E-state index is 12.6. The molecule has 0 spiro atoms. The summed E-state index contributed by atoms with van der Waals surface area (Å²) in [4.78, 5) is 25.0. The molecule has 28 heavy (non-hydrogen) atoms. The van der Waals surface area contributed by atoms with E-state index in [-0.39, 0.29) is 12.6 Å². The summed E-state index contributed by atoms with van der Waals surface area (Å²) in [5.74, 6) is -1.82. The average molecular weight is 382 g/mol. The van der Waals surface area contributed by atoms with E-state index in [1.807, 2.05) is 81.4 Å². The van der Waals surface area contributed by atoms with Crippen LogP contribution in [-0.4, -0.2) is 24.6 Å². The van der Waals surface area contributed by atoms with Crippen LogP contribution in [0.4, 0.5) is 0 Å². The van der Waals surface area contributed by atoms with Gasteiger partial charge in [-0.05, 0) is 23.0 Å². The fraction of sp³-hybridized carbons (Fsp3) is 0.364. The molecule has 148 valence electrons. The second kappa shape index (κ2) is 10.1. The van der Waals surface area contributed by atoms with Crippen LogP contribution in [0, 0.1) is 11.3 Å². The lowest BCUT2D eigenvalue weighted by molar-refractivity contribution is -0.154. The van der Waals surface area contributed by atoms with Crippen molar-refractivity contribution in [3.63, 3.8) is 0 Å². The van der Waals surface area contributed by atoms with Crippen LogP contribution in [0.15, 0.2) is 60.7 Å². The molecule has 0 aliphatic rings. The first-order valence-electron chi connectivity index (χ1n) is 9.38. The van der Waals surface area contributed by atoms with Crippen molar-refractivity contribution < 1.29 is 24.0 Å². The van der Waals surface area contributed by atoms with Crippen LogP contribution in [0.3, 0.4) is 0 Å². The number of rotatable bonds is 9. The van der Waals surface area contributed by atoms with Crippen molar-refractivity contribution in [3.05, 3.63) is 71.8 Å². The van der Waals surface area contributed by atoms with Crippen molar-refractivity contribution in [1.29, 1.82) is 0 Å². The van der Waals surface area contributed by atoms with Gasteiger partial charge >= 0.3 is 13.7 Å². The summed E-state index contributed by atoms with van der Waals surface area (Å²) in [5, 5.41) is 8.99. The summed E-state index contributed by atoms with van der Waals surface area (Å²) in [6.45, 7) is 5.90. The normalized spacial score (nSPS) is 13.3. The molecule has 5 nitrogen and oxygen atoms in total. The minimum atomic E-state index is -0.669. The summed E-state index contributed by atoms with van der Waals surface area (Å²) < 4.78 is 10.3. The van der Waals surface area contributed by atoms with E-state index in [4.69, 9.17) is 14.4 Å². The van der Waals surface area contributed by atoms with Crippen LogP contribution < -0.4 is 0 Å². The molecule has 6 heteroatoms. The Bertz CT molecular complexity index is 761. The molecule has 2 aromatic carbocycles. The lowest BCUT2D eigenvalue weighted by Gasteiger charge is -2.33. The number of esters is 1. The maximum absolute atomic E-state index is 12.6. The van der Waals surface area contributed by atoms with Crippen molar-refractivity contribution in [1.82, 2.24) is 0 Å². The van der Waals surface area contributed by atoms with Crippen molar-refractivity contribution in [2.45, 2.75) is 39.7 Å². The zero-order valence-corrected chi connectivity index (χ0v) is 16.6. The molecule has 2 rings (SSSR count). The van der Waals surface area contributed by atoms with Crippen LogP contribution in [0.2, 0.25) is 0 Å². The summed E-state index contributed by atoms with van der Waals surface area (Å²) in [5.41, 5.74) is 1.19. The molecule has 1 N–H and O–H groups in total. The van der Waals surface area contributed by atoms with Crippen LogP contribution in [0.25, 0.3) is 0 Å². The highest BCUT2D eigenvalue weighted by Crippen LogP contribution is 2.39. The Balaban J connectivity index is 2.08. The quantitative estimate of drug-likeness (QED) is 0.532. The molecule has 0 saturated heterocycles. The fourth-order valence-electron chi connectivity index (χ4n) is 3.06. The summed E-state index contributed by atoms with van der Waals surface area (Å²) in [6.07, 6.45) is 0.386. The number of carbonyl (C=O) groups excluding carboxylic acids is 2. The molecule has 0 aromatic heterocycles. The predicted octanol–water partition coefficient (Wildman–Crippen LogP) is 3.37. The zero-order chi connectivity index (χ0) is 20.6. The second-order valence-corrected chi connectivity index (χ2v) is 7.56. The van der Waals surface area contributed by atoms with Crippen molar-refractivity contribution >= 4 is 19.6 Å². The SMILES string of the molecule is CC(C(=O)OCc1ccccc1)C(C)(C)CC(C(=O)OBO)c1ccccc1. The molecular weight excluding hydrogens is 355 g/mol. The summed E-state index contributed by atoms with van der Waals surface area (Å²) in [7, 11) is -0.669. The highest BCUT2D eigenvalue weighted by Gasteiger charge is 2.37. The van der Waals surface area contributed by atoms with Gasteiger partial charge in [0.15, 0.2) is 0 Å².